The minimum atomic E-state index is -0.561. The van der Waals surface area contributed by atoms with Gasteiger partial charge in [-0.15, -0.1) is 0 Å². The molecule has 5 nitrogen and oxygen atoms in total. The Labute approximate surface area is 224 Å². The summed E-state index contributed by atoms with van der Waals surface area (Å²) in [6, 6.07) is 14.6. The van der Waals surface area contributed by atoms with Gasteiger partial charge in [-0.25, -0.2) is 4.39 Å². The first kappa shape index (κ1) is 26.2. The van der Waals surface area contributed by atoms with E-state index in [1.807, 2.05) is 18.2 Å². The highest BCUT2D eigenvalue weighted by atomic mass is 35.5. The van der Waals surface area contributed by atoms with Crippen LogP contribution < -0.4 is 5.32 Å². The Hall–Kier alpha value is -2.44. The molecule has 5 rings (SSSR count). The summed E-state index contributed by atoms with van der Waals surface area (Å²) in [4.78, 5) is 30.1. The number of nitrogens with one attached hydrogen (secondary N) is 1. The Morgan fingerprint density at radius 1 is 0.946 bits per heavy atom. The first-order chi connectivity index (χ1) is 18.0. The molecule has 2 aliphatic heterocycles. The summed E-state index contributed by atoms with van der Waals surface area (Å²) in [7, 11) is 0. The highest BCUT2D eigenvalue weighted by Gasteiger charge is 2.42. The van der Waals surface area contributed by atoms with Crippen LogP contribution in [0.4, 0.5) is 4.39 Å². The quantitative estimate of drug-likeness (QED) is 0.481. The van der Waals surface area contributed by atoms with E-state index in [0.29, 0.717) is 37.3 Å². The zero-order valence-corrected chi connectivity index (χ0v) is 22.1. The molecule has 2 amide bonds. The lowest BCUT2D eigenvalue weighted by atomic mass is 9.86. The van der Waals surface area contributed by atoms with Gasteiger partial charge >= 0.3 is 0 Å². The van der Waals surface area contributed by atoms with Crippen LogP contribution in [0.15, 0.2) is 48.5 Å². The van der Waals surface area contributed by atoms with Crippen molar-refractivity contribution in [1.82, 2.24) is 15.1 Å². The molecule has 0 aromatic heterocycles. The van der Waals surface area contributed by atoms with E-state index in [0.717, 1.165) is 31.6 Å². The number of fused-ring (bicyclic) bond motifs is 1. The number of carbonyl (C=O) groups is 2. The predicted molar refractivity (Wildman–Crippen MR) is 144 cm³/mol. The summed E-state index contributed by atoms with van der Waals surface area (Å²) in [5, 5.41) is 3.51. The fraction of sp³-hybridized carbons (Fsp3) is 0.533. The molecule has 2 unspecified atom stereocenters. The Morgan fingerprint density at radius 2 is 1.65 bits per heavy atom. The van der Waals surface area contributed by atoms with Gasteiger partial charge in [-0.1, -0.05) is 67.3 Å². The number of benzene rings is 2. The van der Waals surface area contributed by atoms with Gasteiger partial charge in [-0.3, -0.25) is 9.59 Å². The predicted octanol–water partition coefficient (Wildman–Crippen LogP) is 5.70. The lowest BCUT2D eigenvalue weighted by molar-refractivity contribution is -0.123. The molecule has 37 heavy (non-hydrogen) atoms. The molecule has 2 saturated heterocycles. The molecule has 2 aromatic rings. The molecule has 0 bridgehead atoms. The highest BCUT2D eigenvalue weighted by Crippen LogP contribution is 2.34. The maximum absolute atomic E-state index is 14.3. The maximum atomic E-state index is 14.3. The molecule has 3 aliphatic rings. The van der Waals surface area contributed by atoms with Crippen molar-refractivity contribution in [2.75, 3.05) is 32.7 Å². The average molecular weight is 526 g/mol. The van der Waals surface area contributed by atoms with E-state index < -0.39 is 5.82 Å². The van der Waals surface area contributed by atoms with E-state index in [2.05, 4.69) is 22.3 Å². The van der Waals surface area contributed by atoms with Crippen molar-refractivity contribution in [2.24, 2.45) is 17.8 Å². The lowest BCUT2D eigenvalue weighted by Crippen LogP contribution is -2.36. The Bertz CT molecular complexity index is 1060. The van der Waals surface area contributed by atoms with E-state index in [9.17, 15) is 14.0 Å². The topological polar surface area (TPSA) is 52.7 Å². The molecule has 3 fully saturated rings. The van der Waals surface area contributed by atoms with Gasteiger partial charge in [-0.2, -0.15) is 0 Å². The Kier molecular flexibility index (Phi) is 8.46. The summed E-state index contributed by atoms with van der Waals surface area (Å²) >= 11 is 6.13. The molecule has 198 valence electrons. The SMILES string of the molecule is O=C(CC1CCCCC1)N[C@@H](CCN1CC2CN(C(=O)c3c(F)cccc3Cl)CC2C1)c1ccccc1. The van der Waals surface area contributed by atoms with E-state index in [1.54, 1.807) is 11.0 Å². The summed E-state index contributed by atoms with van der Waals surface area (Å²) in [5.74, 6) is 0.576. The van der Waals surface area contributed by atoms with Crippen molar-refractivity contribution < 1.29 is 14.0 Å². The molecule has 3 atom stereocenters. The van der Waals surface area contributed by atoms with E-state index >= 15 is 0 Å². The summed E-state index contributed by atoms with van der Waals surface area (Å²) < 4.78 is 14.3. The monoisotopic (exact) mass is 525 g/mol. The fourth-order valence-electron chi connectivity index (χ4n) is 6.52. The highest BCUT2D eigenvalue weighted by molar-refractivity contribution is 6.33. The third-order valence-corrected chi connectivity index (χ3v) is 8.81. The number of amides is 2. The van der Waals surface area contributed by atoms with Gasteiger partial charge in [0.2, 0.25) is 5.91 Å². The van der Waals surface area contributed by atoms with E-state index in [-0.39, 0.29) is 28.4 Å². The lowest BCUT2D eigenvalue weighted by Gasteiger charge is -2.26. The van der Waals surface area contributed by atoms with E-state index in [4.69, 9.17) is 11.6 Å². The number of hydrogen-bond acceptors (Lipinski definition) is 3. The first-order valence-corrected chi connectivity index (χ1v) is 14.2. The van der Waals surface area contributed by atoms with Crippen LogP contribution in [0, 0.1) is 23.6 Å². The number of likely N-dealkylation sites (tertiary alicyclic amines) is 2. The number of hydrogen-bond donors (Lipinski definition) is 1. The van der Waals surface area contributed by atoms with E-state index in [1.165, 1.54) is 44.2 Å². The van der Waals surface area contributed by atoms with Crippen molar-refractivity contribution >= 4 is 23.4 Å². The minimum absolute atomic E-state index is 0.000921. The van der Waals surface area contributed by atoms with Gasteiger partial charge in [0, 0.05) is 39.1 Å². The third kappa shape index (κ3) is 6.35. The van der Waals surface area contributed by atoms with Crippen LogP contribution in [0.5, 0.6) is 0 Å². The van der Waals surface area contributed by atoms with Gasteiger partial charge in [0.1, 0.15) is 5.82 Å². The summed E-state index contributed by atoms with van der Waals surface area (Å²) in [6.45, 7) is 3.98. The normalized spacial score (nSPS) is 23.1. The molecule has 0 radical (unpaired) electrons. The number of rotatable bonds is 8. The first-order valence-electron chi connectivity index (χ1n) is 13.8. The van der Waals surface area contributed by atoms with Crippen molar-refractivity contribution in [2.45, 2.75) is 51.0 Å². The molecule has 1 saturated carbocycles. The summed E-state index contributed by atoms with van der Waals surface area (Å²) in [6.07, 6.45) is 7.61. The van der Waals surface area contributed by atoms with Gasteiger partial charge in [0.15, 0.2) is 0 Å². The van der Waals surface area contributed by atoms with Crippen LogP contribution in [0.1, 0.15) is 66.9 Å². The zero-order valence-electron chi connectivity index (χ0n) is 21.4. The van der Waals surface area contributed by atoms with Crippen molar-refractivity contribution in [3.8, 4) is 0 Å². The van der Waals surface area contributed by atoms with Crippen LogP contribution in [0.3, 0.4) is 0 Å². The Morgan fingerprint density at radius 3 is 2.32 bits per heavy atom. The largest absolute Gasteiger partial charge is 0.349 e. The Balaban J connectivity index is 1.15. The molecule has 1 N–H and O–H groups in total. The van der Waals surface area contributed by atoms with Crippen LogP contribution in [0.25, 0.3) is 0 Å². The molecule has 2 aromatic carbocycles. The molecular weight excluding hydrogens is 489 g/mol. The van der Waals surface area contributed by atoms with Crippen LogP contribution >= 0.6 is 11.6 Å². The minimum Gasteiger partial charge on any atom is -0.349 e. The van der Waals surface area contributed by atoms with Crippen LogP contribution in [-0.4, -0.2) is 54.3 Å². The number of nitrogens with zero attached hydrogens (tertiary/aromatic N) is 2. The zero-order chi connectivity index (χ0) is 25.8. The smallest absolute Gasteiger partial charge is 0.258 e. The second-order valence-electron chi connectivity index (χ2n) is 11.1. The maximum Gasteiger partial charge on any atom is 0.258 e. The average Bonchev–Trinajstić information content (AvgIpc) is 3.47. The van der Waals surface area contributed by atoms with Gasteiger partial charge < -0.3 is 15.1 Å². The fourth-order valence-corrected chi connectivity index (χ4v) is 6.77. The molecule has 7 heteroatoms. The van der Waals surface area contributed by atoms with Crippen molar-refractivity contribution in [3.05, 3.63) is 70.5 Å². The second kappa shape index (κ2) is 12.0. The summed E-state index contributed by atoms with van der Waals surface area (Å²) in [5.41, 5.74) is 1.13. The molecular formula is C30H37ClFN3O2. The number of halogens is 2. The van der Waals surface area contributed by atoms with Crippen LogP contribution in [0.2, 0.25) is 5.02 Å². The van der Waals surface area contributed by atoms with Gasteiger partial charge in [-0.05, 0) is 54.7 Å². The van der Waals surface area contributed by atoms with Gasteiger partial charge in [0.05, 0.1) is 16.6 Å². The van der Waals surface area contributed by atoms with Crippen molar-refractivity contribution in [3.63, 3.8) is 0 Å². The second-order valence-corrected chi connectivity index (χ2v) is 11.5. The molecule has 2 heterocycles. The molecule has 1 aliphatic carbocycles. The third-order valence-electron chi connectivity index (χ3n) is 8.50. The molecule has 0 spiro atoms. The van der Waals surface area contributed by atoms with Crippen molar-refractivity contribution in [1.29, 1.82) is 0 Å². The van der Waals surface area contributed by atoms with Gasteiger partial charge in [0.25, 0.3) is 5.91 Å². The standard InChI is InChI=1S/C30H37ClFN3O2/c31-25-12-7-13-26(32)29(25)30(37)35-19-23-17-34(18-24(23)20-35)15-14-27(22-10-5-2-6-11-22)33-28(36)16-21-8-3-1-4-9-21/h2,5-7,10-13,21,23-24,27H,1,3-4,8-9,14-20H2,(H,33,36)/t23?,24?,27-/m0/s1. The van der Waals surface area contributed by atoms with Crippen LogP contribution in [-0.2, 0) is 4.79 Å². The number of carbonyl (C=O) groups excluding carboxylic acids is 2.